The first kappa shape index (κ1) is 23.5. The molecule has 0 atom stereocenters. The second kappa shape index (κ2) is 7.78. The molecule has 0 bridgehead atoms. The van der Waals surface area contributed by atoms with Crippen LogP contribution in [0, 0.1) is 12.3 Å². The average Bonchev–Trinajstić information content (AvgIpc) is 2.96. The van der Waals surface area contributed by atoms with E-state index >= 15 is 0 Å². The van der Waals surface area contributed by atoms with E-state index < -0.39 is 66.3 Å². The van der Waals surface area contributed by atoms with E-state index in [0.29, 0.717) is 11.6 Å². The summed E-state index contributed by atoms with van der Waals surface area (Å²) in [6, 6.07) is 2.40. The van der Waals surface area contributed by atoms with Crippen LogP contribution < -0.4 is 11.1 Å². The van der Waals surface area contributed by atoms with E-state index in [1.807, 2.05) is 0 Å². The molecule has 2 heterocycles. The number of rotatable bonds is 7. The lowest BCUT2D eigenvalue weighted by molar-refractivity contribution is -0.217. The van der Waals surface area contributed by atoms with Crippen LogP contribution >= 0.6 is 0 Å². The summed E-state index contributed by atoms with van der Waals surface area (Å²) in [5.41, 5.74) is 1.11. The minimum atomic E-state index is -3.53. The molecule has 3 rings (SSSR count). The highest BCUT2D eigenvalue weighted by Crippen LogP contribution is 2.56. The van der Waals surface area contributed by atoms with Gasteiger partial charge >= 0.3 is 0 Å². The Morgan fingerprint density at radius 1 is 1.31 bits per heavy atom. The molecule has 0 saturated heterocycles. The number of carbonyl (C=O) groups excluding carboxylic acids is 2. The highest BCUT2D eigenvalue weighted by atomic mass is 19.3. The minimum absolute atomic E-state index is 0.0227. The van der Waals surface area contributed by atoms with Crippen molar-refractivity contribution in [3.05, 3.63) is 41.0 Å². The Hall–Kier alpha value is -3.12. The third kappa shape index (κ3) is 4.41. The van der Waals surface area contributed by atoms with E-state index in [4.69, 9.17) is 5.73 Å². The number of nitrogens with zero attached hydrogens (tertiary/aromatic N) is 3. The lowest BCUT2D eigenvalue weighted by Gasteiger charge is -2.46. The molecule has 1 fully saturated rings. The zero-order chi connectivity index (χ0) is 24.1. The van der Waals surface area contributed by atoms with Gasteiger partial charge in [-0.25, -0.2) is 17.6 Å². The number of pyridine rings is 1. The van der Waals surface area contributed by atoms with Gasteiger partial charge < -0.3 is 11.1 Å². The van der Waals surface area contributed by atoms with Gasteiger partial charge in [0.15, 0.2) is 0 Å². The van der Waals surface area contributed by atoms with E-state index in [2.05, 4.69) is 15.4 Å². The van der Waals surface area contributed by atoms with Gasteiger partial charge in [0.05, 0.1) is 12.0 Å². The first-order valence-electron chi connectivity index (χ1n) is 9.34. The average molecular weight is 463 g/mol. The maximum absolute atomic E-state index is 14.0. The molecule has 2 aromatic heterocycles. The molecular weight excluding hydrogens is 444 g/mol. The van der Waals surface area contributed by atoms with Gasteiger partial charge in [0.1, 0.15) is 17.1 Å². The quantitative estimate of drug-likeness (QED) is 0.611. The molecule has 2 aromatic rings. The van der Waals surface area contributed by atoms with Crippen molar-refractivity contribution in [1.29, 1.82) is 0 Å². The molecule has 7 nitrogen and oxygen atoms in total. The van der Waals surface area contributed by atoms with Gasteiger partial charge in [-0.2, -0.15) is 13.9 Å². The van der Waals surface area contributed by atoms with Gasteiger partial charge in [0.25, 0.3) is 17.7 Å². The van der Waals surface area contributed by atoms with Crippen molar-refractivity contribution in [1.82, 2.24) is 14.8 Å². The van der Waals surface area contributed by atoms with Crippen LogP contribution in [0.25, 0.3) is 0 Å². The normalized spacial score (nSPS) is 17.2. The van der Waals surface area contributed by atoms with E-state index in [9.17, 15) is 35.9 Å². The summed E-state index contributed by atoms with van der Waals surface area (Å²) in [6.45, 7) is 0.802. The second-order valence-electron chi connectivity index (χ2n) is 7.99. The number of nitrogens with one attached hydrogen (secondary N) is 1. The van der Waals surface area contributed by atoms with Crippen LogP contribution in [0.2, 0.25) is 0 Å². The molecule has 174 valence electrons. The number of halogens is 6. The standard InChI is InChI=1S/C19H19F6N5O2/c1-9-12(15(32)28-10-3-4-27-11(5-10)14(26)31)30(29-13(9)17(2,22)23)8-18(16(20)21)6-19(24,25)7-18/h3-5,16H,6-8H2,1-2H3,(H2,26,31)(H,27,28,32). The molecule has 0 aromatic carbocycles. The third-order valence-corrected chi connectivity index (χ3v) is 5.24. The van der Waals surface area contributed by atoms with Crippen molar-refractivity contribution in [3.8, 4) is 0 Å². The maximum atomic E-state index is 14.0. The lowest BCUT2D eigenvalue weighted by Crippen LogP contribution is -2.53. The fraction of sp³-hybridized carbons (Fsp3) is 0.474. The molecule has 13 heteroatoms. The summed E-state index contributed by atoms with van der Waals surface area (Å²) in [7, 11) is 0. The van der Waals surface area contributed by atoms with Gasteiger partial charge in [0, 0.05) is 37.2 Å². The molecular formula is C19H19F6N5O2. The fourth-order valence-electron chi connectivity index (χ4n) is 3.82. The zero-order valence-corrected chi connectivity index (χ0v) is 16.9. The Kier molecular flexibility index (Phi) is 5.72. The number of carbonyl (C=O) groups is 2. The summed E-state index contributed by atoms with van der Waals surface area (Å²) in [5, 5.41) is 5.97. The second-order valence-corrected chi connectivity index (χ2v) is 7.99. The van der Waals surface area contributed by atoms with Gasteiger partial charge in [0.2, 0.25) is 12.3 Å². The van der Waals surface area contributed by atoms with Crippen molar-refractivity contribution in [2.45, 2.75) is 51.5 Å². The number of aromatic nitrogens is 3. The van der Waals surface area contributed by atoms with Crippen molar-refractivity contribution >= 4 is 17.5 Å². The molecule has 1 aliphatic rings. The number of hydrogen-bond donors (Lipinski definition) is 2. The topological polar surface area (TPSA) is 103 Å². The Bertz CT molecular complexity index is 1050. The highest BCUT2D eigenvalue weighted by molar-refractivity contribution is 6.04. The third-order valence-electron chi connectivity index (χ3n) is 5.24. The molecule has 3 N–H and O–H groups in total. The number of primary amides is 1. The number of anilines is 1. The lowest BCUT2D eigenvalue weighted by atomic mass is 9.66. The SMILES string of the molecule is Cc1c(C(C)(F)F)nn(CC2(C(F)F)CC(F)(F)C2)c1C(=O)Nc1ccnc(C(N)=O)c1. The predicted molar refractivity (Wildman–Crippen MR) is 99.9 cm³/mol. The maximum Gasteiger partial charge on any atom is 0.289 e. The molecule has 0 aliphatic heterocycles. The van der Waals surface area contributed by atoms with Crippen LogP contribution in [0.15, 0.2) is 18.3 Å². The highest BCUT2D eigenvalue weighted by Gasteiger charge is 2.62. The van der Waals surface area contributed by atoms with Gasteiger partial charge in [-0.3, -0.25) is 19.3 Å². The molecule has 2 amide bonds. The van der Waals surface area contributed by atoms with Crippen molar-refractivity contribution in [3.63, 3.8) is 0 Å². The largest absolute Gasteiger partial charge is 0.364 e. The Morgan fingerprint density at radius 3 is 2.44 bits per heavy atom. The van der Waals surface area contributed by atoms with E-state index in [-0.39, 0.29) is 16.9 Å². The van der Waals surface area contributed by atoms with Crippen molar-refractivity contribution in [2.75, 3.05) is 5.32 Å². The molecule has 0 spiro atoms. The summed E-state index contributed by atoms with van der Waals surface area (Å²) in [5.74, 6) is -8.75. The van der Waals surface area contributed by atoms with E-state index in [1.54, 1.807) is 0 Å². The smallest absolute Gasteiger partial charge is 0.289 e. The van der Waals surface area contributed by atoms with Crippen molar-refractivity contribution in [2.24, 2.45) is 11.1 Å². The van der Waals surface area contributed by atoms with Crippen LogP contribution in [0.4, 0.5) is 32.0 Å². The summed E-state index contributed by atoms with van der Waals surface area (Å²) in [4.78, 5) is 27.8. The fourth-order valence-corrected chi connectivity index (χ4v) is 3.82. The molecule has 32 heavy (non-hydrogen) atoms. The van der Waals surface area contributed by atoms with E-state index in [1.165, 1.54) is 6.07 Å². The minimum Gasteiger partial charge on any atom is -0.364 e. The number of alkyl halides is 6. The molecule has 0 unspecified atom stereocenters. The Labute approximate surface area is 178 Å². The van der Waals surface area contributed by atoms with Gasteiger partial charge in [-0.15, -0.1) is 0 Å². The first-order chi connectivity index (χ1) is 14.7. The van der Waals surface area contributed by atoms with Crippen LogP contribution in [-0.2, 0) is 12.5 Å². The Balaban J connectivity index is 2.01. The van der Waals surface area contributed by atoms with Gasteiger partial charge in [-0.1, -0.05) is 0 Å². The predicted octanol–water partition coefficient (Wildman–Crippen LogP) is 3.73. The number of hydrogen-bond acceptors (Lipinski definition) is 4. The number of amides is 2. The van der Waals surface area contributed by atoms with E-state index in [0.717, 1.165) is 19.2 Å². The van der Waals surface area contributed by atoms with Gasteiger partial charge in [-0.05, 0) is 19.1 Å². The van der Waals surface area contributed by atoms with Crippen LogP contribution in [-0.4, -0.2) is 38.9 Å². The molecule has 0 radical (unpaired) electrons. The zero-order valence-electron chi connectivity index (χ0n) is 16.9. The summed E-state index contributed by atoms with van der Waals surface area (Å²) < 4.78 is 82.7. The number of nitrogens with two attached hydrogens (primary N) is 1. The summed E-state index contributed by atoms with van der Waals surface area (Å²) >= 11 is 0. The molecule has 1 aliphatic carbocycles. The first-order valence-corrected chi connectivity index (χ1v) is 9.34. The molecule has 1 saturated carbocycles. The van der Waals surface area contributed by atoms with Crippen LogP contribution in [0.3, 0.4) is 0 Å². The van der Waals surface area contributed by atoms with Crippen molar-refractivity contribution < 1.29 is 35.9 Å². The van der Waals surface area contributed by atoms with Crippen LogP contribution in [0.5, 0.6) is 0 Å². The monoisotopic (exact) mass is 463 g/mol. The van der Waals surface area contributed by atoms with Crippen LogP contribution in [0.1, 0.15) is 52.0 Å². The summed E-state index contributed by atoms with van der Waals surface area (Å²) in [6.07, 6.45) is -4.36. The Morgan fingerprint density at radius 2 is 1.94 bits per heavy atom.